The van der Waals surface area contributed by atoms with E-state index in [4.69, 9.17) is 5.73 Å². The molecular weight excluding hydrogens is 382 g/mol. The Labute approximate surface area is 134 Å². The molecule has 0 saturated carbocycles. The molecule has 110 valence electrons. The largest absolute Gasteiger partial charge is 0.326 e. The lowest BCUT2D eigenvalue weighted by Crippen LogP contribution is -2.12. The Bertz CT molecular complexity index is 706. The standard InChI is InChI=1S/C11H14BrN3O2S3/c1-6(2)8-5-18-11(14-8)15-20(16,17)9-3-7(4-13)19-10(9)12/h3,5-6H,4,13H2,1-2H3,(H,14,15). The Hall–Kier alpha value is -0.480. The fourth-order valence-electron chi connectivity index (χ4n) is 1.45. The third-order valence-electron chi connectivity index (χ3n) is 2.53. The van der Waals surface area contributed by atoms with Crippen LogP contribution in [0.15, 0.2) is 20.1 Å². The monoisotopic (exact) mass is 395 g/mol. The van der Waals surface area contributed by atoms with Gasteiger partial charge in [-0.1, -0.05) is 13.8 Å². The van der Waals surface area contributed by atoms with E-state index in [2.05, 4.69) is 25.6 Å². The lowest BCUT2D eigenvalue weighted by atomic mass is 10.2. The van der Waals surface area contributed by atoms with E-state index in [9.17, 15) is 8.42 Å². The summed E-state index contributed by atoms with van der Waals surface area (Å²) in [5.74, 6) is 0.265. The van der Waals surface area contributed by atoms with Crippen LogP contribution in [0.2, 0.25) is 0 Å². The van der Waals surface area contributed by atoms with Crippen molar-refractivity contribution in [2.45, 2.75) is 31.2 Å². The van der Waals surface area contributed by atoms with Gasteiger partial charge in [-0.3, -0.25) is 4.72 Å². The Morgan fingerprint density at radius 1 is 1.50 bits per heavy atom. The maximum Gasteiger partial charge on any atom is 0.265 e. The molecule has 0 aliphatic carbocycles. The molecule has 9 heteroatoms. The van der Waals surface area contributed by atoms with Gasteiger partial charge in [-0.15, -0.1) is 22.7 Å². The van der Waals surface area contributed by atoms with Crippen molar-refractivity contribution in [2.75, 3.05) is 4.72 Å². The molecule has 0 aromatic carbocycles. The molecule has 0 spiro atoms. The van der Waals surface area contributed by atoms with Crippen LogP contribution in [0.4, 0.5) is 5.13 Å². The van der Waals surface area contributed by atoms with Gasteiger partial charge in [0.25, 0.3) is 10.0 Å². The van der Waals surface area contributed by atoms with Crippen molar-refractivity contribution in [3.8, 4) is 0 Å². The summed E-state index contributed by atoms with van der Waals surface area (Å²) < 4.78 is 27.7. The predicted molar refractivity (Wildman–Crippen MR) is 86.9 cm³/mol. The molecule has 0 fully saturated rings. The van der Waals surface area contributed by atoms with Gasteiger partial charge >= 0.3 is 0 Å². The highest BCUT2D eigenvalue weighted by molar-refractivity contribution is 9.11. The normalized spacial score (nSPS) is 12.1. The van der Waals surface area contributed by atoms with Crippen molar-refractivity contribution in [1.29, 1.82) is 0 Å². The fraction of sp³-hybridized carbons (Fsp3) is 0.364. The summed E-state index contributed by atoms with van der Waals surface area (Å²) in [6.45, 7) is 4.33. The summed E-state index contributed by atoms with van der Waals surface area (Å²) in [5.41, 5.74) is 6.40. The van der Waals surface area contributed by atoms with Gasteiger partial charge in [0.15, 0.2) is 5.13 Å². The number of hydrogen-bond donors (Lipinski definition) is 2. The van der Waals surface area contributed by atoms with E-state index < -0.39 is 10.0 Å². The highest BCUT2D eigenvalue weighted by Gasteiger charge is 2.22. The van der Waals surface area contributed by atoms with Crippen molar-refractivity contribution in [1.82, 2.24) is 4.98 Å². The quantitative estimate of drug-likeness (QED) is 0.812. The first-order valence-corrected chi connectivity index (χ1v) is 9.77. The zero-order valence-electron chi connectivity index (χ0n) is 10.9. The molecule has 2 aromatic heterocycles. The maximum absolute atomic E-state index is 12.3. The average molecular weight is 396 g/mol. The van der Waals surface area contributed by atoms with Crippen LogP contribution in [0.25, 0.3) is 0 Å². The number of hydrogen-bond acceptors (Lipinski definition) is 6. The molecular formula is C11H14BrN3O2S3. The summed E-state index contributed by atoms with van der Waals surface area (Å²) in [5, 5.41) is 2.23. The lowest BCUT2D eigenvalue weighted by molar-refractivity contribution is 0.601. The zero-order chi connectivity index (χ0) is 14.9. The minimum absolute atomic E-state index is 0.198. The summed E-state index contributed by atoms with van der Waals surface area (Å²) in [6, 6.07) is 1.58. The van der Waals surface area contributed by atoms with E-state index in [0.717, 1.165) is 10.6 Å². The number of thiophene rings is 1. The van der Waals surface area contributed by atoms with Gasteiger partial charge in [0, 0.05) is 16.8 Å². The molecule has 0 unspecified atom stereocenters. The topological polar surface area (TPSA) is 85.1 Å². The number of nitrogens with zero attached hydrogens (tertiary/aromatic N) is 1. The number of aromatic nitrogens is 1. The zero-order valence-corrected chi connectivity index (χ0v) is 14.9. The molecule has 0 atom stereocenters. The Balaban J connectivity index is 2.28. The predicted octanol–water partition coefficient (Wildman–Crippen LogP) is 3.35. The highest BCUT2D eigenvalue weighted by Crippen LogP contribution is 2.33. The second-order valence-electron chi connectivity index (χ2n) is 4.39. The molecule has 20 heavy (non-hydrogen) atoms. The minimum atomic E-state index is -3.64. The van der Waals surface area contributed by atoms with E-state index in [1.807, 2.05) is 19.2 Å². The van der Waals surface area contributed by atoms with Crippen molar-refractivity contribution >= 4 is 53.8 Å². The van der Waals surface area contributed by atoms with E-state index in [1.165, 1.54) is 22.7 Å². The first-order valence-electron chi connectivity index (χ1n) is 5.80. The van der Waals surface area contributed by atoms with Crippen LogP contribution in [0.5, 0.6) is 0 Å². The minimum Gasteiger partial charge on any atom is -0.326 e. The lowest BCUT2D eigenvalue weighted by Gasteiger charge is -2.03. The third-order valence-corrected chi connectivity index (χ3v) is 7.05. The molecule has 2 heterocycles. The van der Waals surface area contributed by atoms with E-state index in [1.54, 1.807) is 6.07 Å². The van der Waals surface area contributed by atoms with Gasteiger partial charge in [0.2, 0.25) is 0 Å². The number of halogens is 1. The van der Waals surface area contributed by atoms with Gasteiger partial charge < -0.3 is 5.73 Å². The van der Waals surface area contributed by atoms with E-state index >= 15 is 0 Å². The molecule has 0 radical (unpaired) electrons. The Morgan fingerprint density at radius 3 is 2.70 bits per heavy atom. The molecule has 0 saturated heterocycles. The SMILES string of the molecule is CC(C)c1csc(NS(=O)(=O)c2cc(CN)sc2Br)n1. The van der Waals surface area contributed by atoms with Gasteiger partial charge in [-0.2, -0.15) is 0 Å². The van der Waals surface area contributed by atoms with E-state index in [-0.39, 0.29) is 10.8 Å². The smallest absolute Gasteiger partial charge is 0.265 e. The summed E-state index contributed by atoms with van der Waals surface area (Å²) >= 11 is 5.86. The van der Waals surface area contributed by atoms with Crippen LogP contribution >= 0.6 is 38.6 Å². The molecule has 0 amide bonds. The Kier molecular flexibility index (Phi) is 4.85. The first kappa shape index (κ1) is 15.9. The van der Waals surface area contributed by atoms with Gasteiger partial charge in [0.1, 0.15) is 4.90 Å². The van der Waals surface area contributed by atoms with Gasteiger partial charge in [-0.05, 0) is 27.9 Å². The van der Waals surface area contributed by atoms with Crippen LogP contribution in [-0.4, -0.2) is 13.4 Å². The fourth-order valence-corrected chi connectivity index (χ4v) is 6.14. The molecule has 2 rings (SSSR count). The number of nitrogens with one attached hydrogen (secondary N) is 1. The van der Waals surface area contributed by atoms with Crippen LogP contribution in [0, 0.1) is 0 Å². The van der Waals surface area contributed by atoms with Crippen molar-refractivity contribution in [2.24, 2.45) is 5.73 Å². The number of thiazole rings is 1. The summed E-state index contributed by atoms with van der Waals surface area (Å²) in [6.07, 6.45) is 0. The molecule has 5 nitrogen and oxygen atoms in total. The van der Waals surface area contributed by atoms with Gasteiger partial charge in [-0.25, -0.2) is 13.4 Å². The van der Waals surface area contributed by atoms with E-state index in [0.29, 0.717) is 15.5 Å². The van der Waals surface area contributed by atoms with Crippen LogP contribution < -0.4 is 10.5 Å². The summed E-state index contributed by atoms with van der Waals surface area (Å²) in [7, 11) is -3.64. The Morgan fingerprint density at radius 2 is 2.20 bits per heavy atom. The second kappa shape index (κ2) is 6.10. The second-order valence-corrected chi connectivity index (χ2v) is 9.36. The van der Waals surface area contributed by atoms with Crippen molar-refractivity contribution in [3.63, 3.8) is 0 Å². The number of anilines is 1. The summed E-state index contributed by atoms with van der Waals surface area (Å²) in [4.78, 5) is 5.27. The number of nitrogens with two attached hydrogens (primary N) is 1. The van der Waals surface area contributed by atoms with Crippen LogP contribution in [-0.2, 0) is 16.6 Å². The molecule has 2 aromatic rings. The average Bonchev–Trinajstić information content (AvgIpc) is 2.95. The van der Waals surface area contributed by atoms with Crippen LogP contribution in [0.3, 0.4) is 0 Å². The first-order chi connectivity index (χ1) is 9.33. The molecule has 0 bridgehead atoms. The van der Waals surface area contributed by atoms with Gasteiger partial charge in [0.05, 0.1) is 9.48 Å². The molecule has 3 N–H and O–H groups in total. The highest BCUT2D eigenvalue weighted by atomic mass is 79.9. The number of rotatable bonds is 5. The molecule has 0 aliphatic heterocycles. The molecule has 0 aliphatic rings. The number of sulfonamides is 1. The maximum atomic E-state index is 12.3. The van der Waals surface area contributed by atoms with Crippen LogP contribution in [0.1, 0.15) is 30.3 Å². The third kappa shape index (κ3) is 3.40. The van der Waals surface area contributed by atoms with Crippen molar-refractivity contribution < 1.29 is 8.42 Å². The van der Waals surface area contributed by atoms with Crippen molar-refractivity contribution in [3.05, 3.63) is 25.8 Å².